The molecule has 0 spiro atoms. The average Bonchev–Trinajstić information content (AvgIpc) is 3.02. The summed E-state index contributed by atoms with van der Waals surface area (Å²) in [5, 5.41) is 11.0. The number of nitrogens with zero attached hydrogens (tertiary/aromatic N) is 4. The molecule has 2 aromatic carbocycles. The molecule has 0 aliphatic rings. The van der Waals surface area contributed by atoms with Crippen molar-refractivity contribution in [1.82, 2.24) is 19.9 Å². The van der Waals surface area contributed by atoms with Crippen LogP contribution in [0.1, 0.15) is 28.4 Å². The molecule has 0 aliphatic carbocycles. The first-order chi connectivity index (χ1) is 12.9. The van der Waals surface area contributed by atoms with E-state index in [1.54, 1.807) is 23.9 Å². The molecule has 0 unspecified atom stereocenters. The Balaban J connectivity index is 1.68. The number of rotatable bonds is 5. The fourth-order valence-corrected chi connectivity index (χ4v) is 3.09. The molecule has 0 saturated heterocycles. The molecule has 0 atom stereocenters. The highest BCUT2D eigenvalue weighted by Crippen LogP contribution is 2.16. The van der Waals surface area contributed by atoms with Crippen molar-refractivity contribution in [2.75, 3.05) is 18.9 Å². The summed E-state index contributed by atoms with van der Waals surface area (Å²) >= 11 is 0. The highest BCUT2D eigenvalue weighted by atomic mass is 16.2. The van der Waals surface area contributed by atoms with Gasteiger partial charge in [0.1, 0.15) is 5.52 Å². The van der Waals surface area contributed by atoms with Crippen LogP contribution in [0, 0.1) is 13.8 Å². The van der Waals surface area contributed by atoms with Crippen molar-refractivity contribution in [3.05, 3.63) is 53.1 Å². The Kier molecular flexibility index (Phi) is 5.21. The van der Waals surface area contributed by atoms with Crippen LogP contribution in [0.3, 0.4) is 0 Å². The van der Waals surface area contributed by atoms with Crippen molar-refractivity contribution >= 4 is 28.5 Å². The lowest BCUT2D eigenvalue weighted by molar-refractivity contribution is -0.116. The van der Waals surface area contributed by atoms with Crippen molar-refractivity contribution in [2.45, 2.75) is 27.3 Å². The van der Waals surface area contributed by atoms with Crippen LogP contribution in [-0.4, -0.2) is 45.3 Å². The lowest BCUT2D eigenvalue weighted by atomic mass is 10.1. The molecule has 0 aliphatic heterocycles. The van der Waals surface area contributed by atoms with Crippen molar-refractivity contribution in [2.24, 2.45) is 0 Å². The van der Waals surface area contributed by atoms with Crippen molar-refractivity contribution < 1.29 is 9.59 Å². The number of hydrogen-bond donors (Lipinski definition) is 1. The first-order valence-corrected chi connectivity index (χ1v) is 8.84. The van der Waals surface area contributed by atoms with E-state index in [0.29, 0.717) is 17.6 Å². The summed E-state index contributed by atoms with van der Waals surface area (Å²) in [5.74, 6) is -0.479. The van der Waals surface area contributed by atoms with Gasteiger partial charge >= 0.3 is 0 Å². The number of amides is 2. The van der Waals surface area contributed by atoms with Crippen LogP contribution >= 0.6 is 0 Å². The molecule has 0 saturated carbocycles. The van der Waals surface area contributed by atoms with E-state index in [9.17, 15) is 9.59 Å². The van der Waals surface area contributed by atoms with Gasteiger partial charge in [-0.2, -0.15) is 0 Å². The van der Waals surface area contributed by atoms with E-state index in [4.69, 9.17) is 0 Å². The quantitative estimate of drug-likeness (QED) is 0.754. The van der Waals surface area contributed by atoms with Crippen molar-refractivity contribution in [3.63, 3.8) is 0 Å². The fourth-order valence-electron chi connectivity index (χ4n) is 3.09. The van der Waals surface area contributed by atoms with Crippen LogP contribution in [0.4, 0.5) is 5.69 Å². The molecule has 0 bridgehead atoms. The van der Waals surface area contributed by atoms with Crippen LogP contribution < -0.4 is 5.32 Å². The average molecular weight is 365 g/mol. The second-order valence-corrected chi connectivity index (χ2v) is 6.69. The molecule has 7 heteroatoms. The smallest absolute Gasteiger partial charge is 0.254 e. The van der Waals surface area contributed by atoms with E-state index >= 15 is 0 Å². The Bertz CT molecular complexity index is 989. The standard InChI is InChI=1S/C20H23N5O2/c1-5-25-18-7-6-15(11-17(18)22-23-25)20(27)24(4)12-19(26)21-16-9-13(2)8-14(3)10-16/h6-11H,5,12H2,1-4H3,(H,21,26). The molecular formula is C20H23N5O2. The zero-order chi connectivity index (χ0) is 19.6. The van der Waals surface area contributed by atoms with Crippen molar-refractivity contribution in [3.8, 4) is 0 Å². The SMILES string of the molecule is CCn1nnc2cc(C(=O)N(C)CC(=O)Nc3cc(C)cc(C)c3)ccc21. The summed E-state index contributed by atoms with van der Waals surface area (Å²) in [6.07, 6.45) is 0. The third-order valence-corrected chi connectivity index (χ3v) is 4.29. The third kappa shape index (κ3) is 4.13. The summed E-state index contributed by atoms with van der Waals surface area (Å²) in [6.45, 7) is 6.61. The molecule has 140 valence electrons. The predicted octanol–water partition coefficient (Wildman–Crippen LogP) is 2.78. The Morgan fingerprint density at radius 2 is 1.81 bits per heavy atom. The van der Waals surface area contributed by atoms with Crippen LogP contribution in [0.15, 0.2) is 36.4 Å². The van der Waals surface area contributed by atoms with E-state index in [2.05, 4.69) is 15.6 Å². The number of anilines is 1. The van der Waals surface area contributed by atoms with E-state index in [-0.39, 0.29) is 18.4 Å². The highest BCUT2D eigenvalue weighted by molar-refractivity contribution is 6.00. The first kappa shape index (κ1) is 18.6. The number of nitrogens with one attached hydrogen (secondary N) is 1. The van der Waals surface area contributed by atoms with Gasteiger partial charge in [0, 0.05) is 24.8 Å². The van der Waals surface area contributed by atoms with Gasteiger partial charge in [0.25, 0.3) is 5.91 Å². The second-order valence-electron chi connectivity index (χ2n) is 6.69. The first-order valence-electron chi connectivity index (χ1n) is 8.84. The lowest BCUT2D eigenvalue weighted by Gasteiger charge is -2.17. The molecular weight excluding hydrogens is 342 g/mol. The minimum absolute atomic E-state index is 0.0362. The van der Waals surface area contributed by atoms with Crippen molar-refractivity contribution in [1.29, 1.82) is 0 Å². The van der Waals surface area contributed by atoms with Gasteiger partial charge < -0.3 is 10.2 Å². The molecule has 1 aromatic heterocycles. The van der Waals surface area contributed by atoms with Crippen LogP contribution in [0.25, 0.3) is 11.0 Å². The highest BCUT2D eigenvalue weighted by Gasteiger charge is 2.17. The second kappa shape index (κ2) is 7.57. The molecule has 1 N–H and O–H groups in total. The van der Waals surface area contributed by atoms with Gasteiger partial charge in [-0.15, -0.1) is 5.10 Å². The normalized spacial score (nSPS) is 10.8. The molecule has 3 aromatic rings. The number of hydrogen-bond acceptors (Lipinski definition) is 4. The lowest BCUT2D eigenvalue weighted by Crippen LogP contribution is -2.34. The predicted molar refractivity (Wildman–Crippen MR) is 105 cm³/mol. The summed E-state index contributed by atoms with van der Waals surface area (Å²) in [6, 6.07) is 11.1. The van der Waals surface area contributed by atoms with E-state index in [0.717, 1.165) is 22.3 Å². The van der Waals surface area contributed by atoms with E-state index in [1.165, 1.54) is 4.90 Å². The number of carbonyl (C=O) groups excluding carboxylic acids is 2. The van der Waals surface area contributed by atoms with Gasteiger partial charge in [-0.3, -0.25) is 9.59 Å². The summed E-state index contributed by atoms with van der Waals surface area (Å²) in [5.41, 5.74) is 4.90. The Hall–Kier alpha value is -3.22. The van der Waals surface area contributed by atoms with Gasteiger partial charge in [-0.1, -0.05) is 11.3 Å². The van der Waals surface area contributed by atoms with Gasteiger partial charge in [-0.05, 0) is 62.2 Å². The fraction of sp³-hybridized carbons (Fsp3) is 0.300. The number of aryl methyl sites for hydroxylation is 3. The minimum Gasteiger partial charge on any atom is -0.332 e. The van der Waals surface area contributed by atoms with Gasteiger partial charge in [0.05, 0.1) is 12.1 Å². The van der Waals surface area contributed by atoms with Gasteiger partial charge in [0.15, 0.2) is 0 Å². The maximum absolute atomic E-state index is 12.7. The maximum Gasteiger partial charge on any atom is 0.254 e. The van der Waals surface area contributed by atoms with Crippen LogP contribution in [-0.2, 0) is 11.3 Å². The molecule has 2 amide bonds. The Morgan fingerprint density at radius 3 is 2.48 bits per heavy atom. The molecule has 1 heterocycles. The van der Waals surface area contributed by atoms with Gasteiger partial charge in [0.2, 0.25) is 5.91 Å². The molecule has 7 nitrogen and oxygen atoms in total. The topological polar surface area (TPSA) is 80.1 Å². The van der Waals surface area contributed by atoms with Gasteiger partial charge in [-0.25, -0.2) is 4.68 Å². The zero-order valence-corrected chi connectivity index (χ0v) is 16.0. The molecule has 27 heavy (non-hydrogen) atoms. The monoisotopic (exact) mass is 365 g/mol. The molecule has 0 radical (unpaired) electrons. The van der Waals surface area contributed by atoms with Crippen LogP contribution in [0.2, 0.25) is 0 Å². The Labute approximate surface area is 158 Å². The largest absolute Gasteiger partial charge is 0.332 e. The molecule has 0 fully saturated rings. The zero-order valence-electron chi connectivity index (χ0n) is 16.0. The summed E-state index contributed by atoms with van der Waals surface area (Å²) in [7, 11) is 1.61. The van der Waals surface area contributed by atoms with Crippen LogP contribution in [0.5, 0.6) is 0 Å². The summed E-state index contributed by atoms with van der Waals surface area (Å²) in [4.78, 5) is 26.3. The number of carbonyl (C=O) groups is 2. The summed E-state index contributed by atoms with van der Waals surface area (Å²) < 4.78 is 1.77. The number of benzene rings is 2. The number of fused-ring (bicyclic) bond motifs is 1. The van der Waals surface area contributed by atoms with E-state index in [1.807, 2.05) is 45.0 Å². The molecule has 3 rings (SSSR count). The third-order valence-electron chi connectivity index (χ3n) is 4.29. The Morgan fingerprint density at radius 1 is 1.11 bits per heavy atom. The number of likely N-dealkylation sites (N-methyl/N-ethyl adjacent to an activating group) is 1. The van der Waals surface area contributed by atoms with E-state index < -0.39 is 0 Å². The minimum atomic E-state index is -0.242. The number of aromatic nitrogens is 3. The maximum atomic E-state index is 12.7.